The van der Waals surface area contributed by atoms with Crippen molar-refractivity contribution in [3.8, 4) is 0 Å². The van der Waals surface area contributed by atoms with Crippen molar-refractivity contribution in [1.82, 2.24) is 10.3 Å². The molecule has 1 aliphatic rings. The highest BCUT2D eigenvalue weighted by Gasteiger charge is 2.40. The Bertz CT molecular complexity index is 598. The van der Waals surface area contributed by atoms with Crippen LogP contribution in [0.5, 0.6) is 0 Å². The summed E-state index contributed by atoms with van der Waals surface area (Å²) in [6.07, 6.45) is 7.99. The molecule has 0 aliphatic heterocycles. The van der Waals surface area contributed by atoms with E-state index < -0.39 is 0 Å². The van der Waals surface area contributed by atoms with E-state index in [1.807, 2.05) is 6.20 Å². The van der Waals surface area contributed by atoms with Crippen LogP contribution in [0.3, 0.4) is 0 Å². The van der Waals surface area contributed by atoms with Gasteiger partial charge < -0.3 is 5.32 Å². The standard InChI is InChI=1S/C18H24N2/c1-18(2)10-6-9-16(18)17(19-3)15-12-20-11-13-7-4-5-8-14(13)15/h4-5,7-8,11-12,16-17,19H,6,9-10H2,1-3H3. The summed E-state index contributed by atoms with van der Waals surface area (Å²) in [5.74, 6) is 0.681. The van der Waals surface area contributed by atoms with E-state index in [0.717, 1.165) is 0 Å². The van der Waals surface area contributed by atoms with Gasteiger partial charge in [-0.15, -0.1) is 0 Å². The molecule has 2 unspecified atom stereocenters. The molecule has 2 aromatic rings. The predicted molar refractivity (Wildman–Crippen MR) is 84.7 cm³/mol. The van der Waals surface area contributed by atoms with E-state index in [2.05, 4.69) is 61.7 Å². The van der Waals surface area contributed by atoms with Crippen molar-refractivity contribution in [2.75, 3.05) is 7.05 Å². The van der Waals surface area contributed by atoms with Crippen LogP contribution in [-0.2, 0) is 0 Å². The van der Waals surface area contributed by atoms with Gasteiger partial charge >= 0.3 is 0 Å². The minimum absolute atomic E-state index is 0.395. The molecular weight excluding hydrogens is 244 g/mol. The van der Waals surface area contributed by atoms with Gasteiger partial charge in [0.2, 0.25) is 0 Å². The van der Waals surface area contributed by atoms with E-state index >= 15 is 0 Å². The van der Waals surface area contributed by atoms with Gasteiger partial charge in [-0.25, -0.2) is 0 Å². The van der Waals surface area contributed by atoms with Gasteiger partial charge in [-0.2, -0.15) is 0 Å². The van der Waals surface area contributed by atoms with E-state index in [4.69, 9.17) is 0 Å². The Labute approximate surface area is 121 Å². The average Bonchev–Trinajstić information content (AvgIpc) is 2.80. The lowest BCUT2D eigenvalue weighted by atomic mass is 9.75. The minimum atomic E-state index is 0.395. The lowest BCUT2D eigenvalue weighted by Crippen LogP contribution is -2.32. The second kappa shape index (κ2) is 5.17. The number of nitrogens with one attached hydrogen (secondary N) is 1. The largest absolute Gasteiger partial charge is 0.313 e. The SMILES string of the molecule is CNC(c1cncc2ccccc12)C1CCCC1(C)C. The Morgan fingerprint density at radius 2 is 2.05 bits per heavy atom. The number of rotatable bonds is 3. The van der Waals surface area contributed by atoms with Crippen molar-refractivity contribution in [3.63, 3.8) is 0 Å². The molecule has 1 saturated carbocycles. The van der Waals surface area contributed by atoms with Gasteiger partial charge in [0.15, 0.2) is 0 Å². The fraction of sp³-hybridized carbons (Fsp3) is 0.500. The average molecular weight is 268 g/mol. The van der Waals surface area contributed by atoms with Gasteiger partial charge in [0, 0.05) is 23.8 Å². The molecule has 20 heavy (non-hydrogen) atoms. The molecule has 2 nitrogen and oxygen atoms in total. The quantitative estimate of drug-likeness (QED) is 0.896. The molecule has 1 aliphatic carbocycles. The van der Waals surface area contributed by atoms with Gasteiger partial charge in [-0.1, -0.05) is 44.5 Å². The maximum absolute atomic E-state index is 4.46. The maximum Gasteiger partial charge on any atom is 0.0372 e. The molecule has 1 N–H and O–H groups in total. The molecular formula is C18H24N2. The van der Waals surface area contributed by atoms with E-state index in [1.54, 1.807) is 0 Å². The highest BCUT2D eigenvalue weighted by Crippen LogP contribution is 2.49. The van der Waals surface area contributed by atoms with Gasteiger partial charge in [0.05, 0.1) is 0 Å². The number of pyridine rings is 1. The smallest absolute Gasteiger partial charge is 0.0372 e. The molecule has 0 amide bonds. The summed E-state index contributed by atoms with van der Waals surface area (Å²) < 4.78 is 0. The van der Waals surface area contributed by atoms with Crippen LogP contribution < -0.4 is 5.32 Å². The van der Waals surface area contributed by atoms with Crippen molar-refractivity contribution in [2.45, 2.75) is 39.2 Å². The first-order chi connectivity index (χ1) is 9.63. The minimum Gasteiger partial charge on any atom is -0.313 e. The van der Waals surface area contributed by atoms with E-state index in [9.17, 15) is 0 Å². The molecule has 0 saturated heterocycles. The van der Waals surface area contributed by atoms with Gasteiger partial charge in [0.25, 0.3) is 0 Å². The summed E-state index contributed by atoms with van der Waals surface area (Å²) in [7, 11) is 2.08. The van der Waals surface area contributed by atoms with E-state index in [-0.39, 0.29) is 0 Å². The number of nitrogens with zero attached hydrogens (tertiary/aromatic N) is 1. The second-order valence-electron chi connectivity index (χ2n) is 6.70. The third-order valence-corrected chi connectivity index (χ3v) is 5.09. The Kier molecular flexibility index (Phi) is 3.51. The second-order valence-corrected chi connectivity index (χ2v) is 6.70. The molecule has 3 rings (SSSR count). The third kappa shape index (κ3) is 2.22. The summed E-state index contributed by atoms with van der Waals surface area (Å²) in [6, 6.07) is 8.97. The van der Waals surface area contributed by atoms with Crippen LogP contribution in [0.4, 0.5) is 0 Å². The first-order valence-electron chi connectivity index (χ1n) is 7.63. The summed E-state index contributed by atoms with van der Waals surface area (Å²) >= 11 is 0. The number of hydrogen-bond acceptors (Lipinski definition) is 2. The van der Waals surface area contributed by atoms with E-state index in [0.29, 0.717) is 17.4 Å². The number of hydrogen-bond donors (Lipinski definition) is 1. The van der Waals surface area contributed by atoms with Crippen LogP contribution in [0.2, 0.25) is 0 Å². The molecule has 1 fully saturated rings. The molecule has 1 aromatic carbocycles. The van der Waals surface area contributed by atoms with Crippen molar-refractivity contribution in [3.05, 3.63) is 42.2 Å². The zero-order valence-corrected chi connectivity index (χ0v) is 12.7. The summed E-state index contributed by atoms with van der Waals surface area (Å²) in [5.41, 5.74) is 1.76. The highest BCUT2D eigenvalue weighted by molar-refractivity contribution is 5.85. The molecule has 0 spiro atoms. The first kappa shape index (κ1) is 13.6. The lowest BCUT2D eigenvalue weighted by Gasteiger charge is -2.34. The van der Waals surface area contributed by atoms with Crippen LogP contribution in [0.25, 0.3) is 10.8 Å². The molecule has 2 atom stereocenters. The summed E-state index contributed by atoms with van der Waals surface area (Å²) in [6.45, 7) is 4.82. The van der Waals surface area contributed by atoms with Crippen molar-refractivity contribution >= 4 is 10.8 Å². The molecule has 1 heterocycles. The number of aromatic nitrogens is 1. The van der Waals surface area contributed by atoms with Crippen molar-refractivity contribution in [1.29, 1.82) is 0 Å². The fourth-order valence-electron chi connectivity index (χ4n) is 3.93. The Hall–Kier alpha value is -1.41. The maximum atomic E-state index is 4.46. The highest BCUT2D eigenvalue weighted by atomic mass is 14.9. The predicted octanol–water partition coefficient (Wildman–Crippen LogP) is 4.32. The molecule has 106 valence electrons. The van der Waals surface area contributed by atoms with Crippen LogP contribution in [-0.4, -0.2) is 12.0 Å². The van der Waals surface area contributed by atoms with Crippen LogP contribution in [0.1, 0.15) is 44.7 Å². The molecule has 2 heteroatoms. The lowest BCUT2D eigenvalue weighted by molar-refractivity contribution is 0.204. The van der Waals surface area contributed by atoms with Crippen LogP contribution in [0, 0.1) is 11.3 Å². The zero-order chi connectivity index (χ0) is 14.2. The molecule has 0 radical (unpaired) electrons. The monoisotopic (exact) mass is 268 g/mol. The fourth-order valence-corrected chi connectivity index (χ4v) is 3.93. The Morgan fingerprint density at radius 3 is 2.75 bits per heavy atom. The van der Waals surface area contributed by atoms with Crippen molar-refractivity contribution in [2.24, 2.45) is 11.3 Å². The summed E-state index contributed by atoms with van der Waals surface area (Å²) in [5, 5.41) is 6.14. The number of fused-ring (bicyclic) bond motifs is 1. The normalized spacial score (nSPS) is 23.1. The van der Waals surface area contributed by atoms with E-state index in [1.165, 1.54) is 35.6 Å². The van der Waals surface area contributed by atoms with Gasteiger partial charge in [-0.05, 0) is 42.2 Å². The van der Waals surface area contributed by atoms with Gasteiger partial charge in [-0.3, -0.25) is 4.98 Å². The number of benzene rings is 1. The third-order valence-electron chi connectivity index (χ3n) is 5.09. The van der Waals surface area contributed by atoms with Gasteiger partial charge in [0.1, 0.15) is 0 Å². The Morgan fingerprint density at radius 1 is 1.25 bits per heavy atom. The summed E-state index contributed by atoms with van der Waals surface area (Å²) in [4.78, 5) is 4.46. The topological polar surface area (TPSA) is 24.9 Å². The Balaban J connectivity index is 2.08. The first-order valence-corrected chi connectivity index (χ1v) is 7.63. The molecule has 1 aromatic heterocycles. The van der Waals surface area contributed by atoms with Crippen LogP contribution >= 0.6 is 0 Å². The zero-order valence-electron chi connectivity index (χ0n) is 12.7. The van der Waals surface area contributed by atoms with Crippen molar-refractivity contribution < 1.29 is 0 Å². The van der Waals surface area contributed by atoms with Crippen LogP contribution in [0.15, 0.2) is 36.7 Å². The molecule has 0 bridgehead atoms.